The minimum absolute atomic E-state index is 0.510. The highest BCUT2D eigenvalue weighted by Crippen LogP contribution is 2.43. The second-order valence-corrected chi connectivity index (χ2v) is 3.95. The van der Waals surface area contributed by atoms with Crippen molar-refractivity contribution >= 4 is 0 Å². The van der Waals surface area contributed by atoms with Crippen molar-refractivity contribution in [2.75, 3.05) is 13.7 Å². The number of hydrogen-bond acceptors (Lipinski definition) is 2. The Morgan fingerprint density at radius 3 is 3.15 bits per heavy atom. The molecule has 2 heteroatoms. The number of benzene rings is 1. The van der Waals surface area contributed by atoms with Crippen LogP contribution in [0.4, 0.5) is 0 Å². The first-order valence-electron chi connectivity index (χ1n) is 4.80. The summed E-state index contributed by atoms with van der Waals surface area (Å²) < 4.78 is 0. The standard InChI is InChI=1S/C11H13NO/c1-12-11-9(7-13-12)6-8-4-2-3-5-10(8)11/h2-5,9,11H,6-7H2,1H3/t9-,11?/m1/s1. The van der Waals surface area contributed by atoms with Crippen molar-refractivity contribution in [3.63, 3.8) is 0 Å². The van der Waals surface area contributed by atoms with Crippen LogP contribution in [-0.2, 0) is 11.3 Å². The minimum atomic E-state index is 0.510. The Morgan fingerprint density at radius 1 is 1.38 bits per heavy atom. The molecule has 1 saturated heterocycles. The topological polar surface area (TPSA) is 12.5 Å². The predicted octanol–water partition coefficient (Wildman–Crippen LogP) is 1.78. The van der Waals surface area contributed by atoms with Gasteiger partial charge in [0.1, 0.15) is 0 Å². The molecule has 1 aromatic rings. The van der Waals surface area contributed by atoms with E-state index in [0.29, 0.717) is 12.0 Å². The Bertz CT molecular complexity index is 337. The van der Waals surface area contributed by atoms with E-state index in [2.05, 4.69) is 24.3 Å². The molecule has 13 heavy (non-hydrogen) atoms. The second kappa shape index (κ2) is 2.56. The van der Waals surface area contributed by atoms with Crippen LogP contribution in [-0.4, -0.2) is 18.7 Å². The number of fused-ring (bicyclic) bond motifs is 3. The number of hydroxylamine groups is 2. The molecule has 68 valence electrons. The van der Waals surface area contributed by atoms with Crippen LogP contribution in [0.3, 0.4) is 0 Å². The average molecular weight is 175 g/mol. The molecule has 0 saturated carbocycles. The fraction of sp³-hybridized carbons (Fsp3) is 0.455. The van der Waals surface area contributed by atoms with E-state index in [-0.39, 0.29) is 0 Å². The maximum atomic E-state index is 5.51. The molecule has 0 aromatic heterocycles. The van der Waals surface area contributed by atoms with Gasteiger partial charge in [-0.05, 0) is 17.5 Å². The molecule has 1 aliphatic carbocycles. The van der Waals surface area contributed by atoms with Crippen molar-refractivity contribution in [2.45, 2.75) is 12.5 Å². The van der Waals surface area contributed by atoms with Gasteiger partial charge in [0, 0.05) is 13.0 Å². The summed E-state index contributed by atoms with van der Waals surface area (Å²) in [7, 11) is 2.03. The van der Waals surface area contributed by atoms with Gasteiger partial charge < -0.3 is 0 Å². The van der Waals surface area contributed by atoms with Crippen LogP contribution in [0.2, 0.25) is 0 Å². The molecule has 1 aromatic carbocycles. The molecule has 1 aliphatic heterocycles. The molecule has 1 unspecified atom stereocenters. The highest BCUT2D eigenvalue weighted by molar-refractivity contribution is 5.36. The molecule has 2 nitrogen and oxygen atoms in total. The molecule has 0 amide bonds. The maximum Gasteiger partial charge on any atom is 0.0735 e. The van der Waals surface area contributed by atoms with E-state index < -0.39 is 0 Å². The summed E-state index contributed by atoms with van der Waals surface area (Å²) in [5.41, 5.74) is 2.97. The van der Waals surface area contributed by atoms with E-state index >= 15 is 0 Å². The van der Waals surface area contributed by atoms with Gasteiger partial charge in [-0.15, -0.1) is 0 Å². The molecule has 0 radical (unpaired) electrons. The SMILES string of the molecule is CN1OC[C@H]2Cc3ccccc3C21. The molecular weight excluding hydrogens is 162 g/mol. The normalized spacial score (nSPS) is 31.8. The average Bonchev–Trinajstić information content (AvgIpc) is 2.66. The van der Waals surface area contributed by atoms with Crippen molar-refractivity contribution in [3.05, 3.63) is 35.4 Å². The first kappa shape index (κ1) is 7.54. The predicted molar refractivity (Wildman–Crippen MR) is 50.1 cm³/mol. The van der Waals surface area contributed by atoms with Gasteiger partial charge in [0.2, 0.25) is 0 Å². The smallest absolute Gasteiger partial charge is 0.0735 e. The maximum absolute atomic E-state index is 5.51. The molecule has 3 rings (SSSR count). The quantitative estimate of drug-likeness (QED) is 0.596. The van der Waals surface area contributed by atoms with Crippen LogP contribution in [0.5, 0.6) is 0 Å². The lowest BCUT2D eigenvalue weighted by Gasteiger charge is -2.16. The second-order valence-electron chi connectivity index (χ2n) is 3.95. The summed E-state index contributed by atoms with van der Waals surface area (Å²) in [6.45, 7) is 0.885. The van der Waals surface area contributed by atoms with Crippen molar-refractivity contribution in [1.82, 2.24) is 5.06 Å². The highest BCUT2D eigenvalue weighted by atomic mass is 16.7. The van der Waals surface area contributed by atoms with Gasteiger partial charge in [0.05, 0.1) is 12.6 Å². The first-order valence-corrected chi connectivity index (χ1v) is 4.80. The van der Waals surface area contributed by atoms with E-state index in [1.807, 2.05) is 12.1 Å². The van der Waals surface area contributed by atoms with Crippen molar-refractivity contribution in [3.8, 4) is 0 Å². The van der Waals surface area contributed by atoms with Crippen LogP contribution in [0.15, 0.2) is 24.3 Å². The molecular formula is C11H13NO. The van der Waals surface area contributed by atoms with Gasteiger partial charge in [-0.2, -0.15) is 5.06 Å². The summed E-state index contributed by atoms with van der Waals surface area (Å²) in [5, 5.41) is 2.01. The summed E-state index contributed by atoms with van der Waals surface area (Å²) in [5.74, 6) is 0.683. The van der Waals surface area contributed by atoms with E-state index in [4.69, 9.17) is 4.84 Å². The van der Waals surface area contributed by atoms with Crippen LogP contribution >= 0.6 is 0 Å². The number of hydrogen-bond donors (Lipinski definition) is 0. The summed E-state index contributed by atoms with van der Waals surface area (Å²) in [6.07, 6.45) is 1.19. The highest BCUT2D eigenvalue weighted by Gasteiger charge is 2.40. The Balaban J connectivity index is 2.08. The Hall–Kier alpha value is -0.860. The van der Waals surface area contributed by atoms with Crippen LogP contribution in [0.25, 0.3) is 0 Å². The van der Waals surface area contributed by atoms with Gasteiger partial charge in [-0.1, -0.05) is 24.3 Å². The molecule has 1 heterocycles. The molecule has 0 spiro atoms. The lowest BCUT2D eigenvalue weighted by atomic mass is 10.0. The van der Waals surface area contributed by atoms with Crippen LogP contribution in [0, 0.1) is 5.92 Å². The fourth-order valence-electron chi connectivity index (χ4n) is 2.59. The number of rotatable bonds is 0. The Morgan fingerprint density at radius 2 is 2.23 bits per heavy atom. The zero-order valence-electron chi connectivity index (χ0n) is 7.73. The van der Waals surface area contributed by atoms with E-state index in [0.717, 1.165) is 6.61 Å². The lowest BCUT2D eigenvalue weighted by Crippen LogP contribution is -2.16. The van der Waals surface area contributed by atoms with Gasteiger partial charge in [0.25, 0.3) is 0 Å². The molecule has 2 aliphatic rings. The van der Waals surface area contributed by atoms with Gasteiger partial charge in [-0.3, -0.25) is 4.84 Å². The fourth-order valence-corrected chi connectivity index (χ4v) is 2.59. The van der Waals surface area contributed by atoms with E-state index in [9.17, 15) is 0 Å². The van der Waals surface area contributed by atoms with Crippen molar-refractivity contribution in [2.24, 2.45) is 5.92 Å². The van der Waals surface area contributed by atoms with Gasteiger partial charge >= 0.3 is 0 Å². The monoisotopic (exact) mass is 175 g/mol. The largest absolute Gasteiger partial charge is 0.298 e. The summed E-state index contributed by atoms with van der Waals surface area (Å²) >= 11 is 0. The van der Waals surface area contributed by atoms with Crippen LogP contribution < -0.4 is 0 Å². The Labute approximate surface area is 78.1 Å². The third-order valence-electron chi connectivity index (χ3n) is 3.19. The van der Waals surface area contributed by atoms with Crippen LogP contribution in [0.1, 0.15) is 17.2 Å². The first-order chi connectivity index (χ1) is 6.36. The van der Waals surface area contributed by atoms with Crippen molar-refractivity contribution < 1.29 is 4.84 Å². The molecule has 0 N–H and O–H groups in total. The third kappa shape index (κ3) is 0.960. The van der Waals surface area contributed by atoms with Crippen molar-refractivity contribution in [1.29, 1.82) is 0 Å². The van der Waals surface area contributed by atoms with E-state index in [1.165, 1.54) is 17.5 Å². The van der Waals surface area contributed by atoms with Gasteiger partial charge in [-0.25, -0.2) is 0 Å². The summed E-state index contributed by atoms with van der Waals surface area (Å²) in [4.78, 5) is 5.51. The molecule has 2 atom stereocenters. The Kier molecular flexibility index (Phi) is 1.49. The van der Waals surface area contributed by atoms with Gasteiger partial charge in [0.15, 0.2) is 0 Å². The zero-order chi connectivity index (χ0) is 8.84. The van der Waals surface area contributed by atoms with E-state index in [1.54, 1.807) is 0 Å². The minimum Gasteiger partial charge on any atom is -0.298 e. The lowest BCUT2D eigenvalue weighted by molar-refractivity contribution is -0.110. The number of nitrogens with zero attached hydrogens (tertiary/aromatic N) is 1. The summed E-state index contributed by atoms with van der Waals surface area (Å²) in [6, 6.07) is 9.22. The molecule has 0 bridgehead atoms. The third-order valence-corrected chi connectivity index (χ3v) is 3.19. The zero-order valence-corrected chi connectivity index (χ0v) is 7.73. The molecule has 1 fully saturated rings.